The molecule has 1 N–H and O–H groups in total. The van der Waals surface area contributed by atoms with Crippen molar-refractivity contribution in [1.29, 1.82) is 0 Å². The third-order valence-electron chi connectivity index (χ3n) is 0.614. The average molecular weight is 206 g/mol. The monoisotopic (exact) mass is 205 g/mol. The number of thiazole rings is 1. The molecule has 0 fully saturated rings. The number of nitrogens with zero attached hydrogens (tertiary/aromatic N) is 1. The van der Waals surface area contributed by atoms with E-state index in [0.29, 0.717) is 11.5 Å². The van der Waals surface area contributed by atoms with E-state index in [9.17, 15) is 4.79 Å². The Morgan fingerprint density at radius 2 is 2.67 bits per heavy atom. The summed E-state index contributed by atoms with van der Waals surface area (Å²) >= 11 is 4.47. The second-order valence-electron chi connectivity index (χ2n) is 1.17. The summed E-state index contributed by atoms with van der Waals surface area (Å²) < 4.78 is 0.784. The molecule has 0 aromatic carbocycles. The first-order chi connectivity index (χ1) is 4.33. The summed E-state index contributed by atoms with van der Waals surface area (Å²) in [5.41, 5.74) is 0. The minimum absolute atomic E-state index is 0.553. The quantitative estimate of drug-likeness (QED) is 0.740. The molecule has 5 heteroatoms. The topological polar surface area (TPSA) is 42.0 Å². The van der Waals surface area contributed by atoms with Crippen LogP contribution in [0.15, 0.2) is 3.79 Å². The zero-order valence-corrected chi connectivity index (χ0v) is 6.62. The summed E-state index contributed by atoms with van der Waals surface area (Å²) in [6.07, 6.45) is 3.20. The van der Waals surface area contributed by atoms with Gasteiger partial charge in [0.15, 0.2) is 5.13 Å². The Hall–Kier alpha value is -0.420. The minimum Gasteiger partial charge on any atom is -0.305 e. The predicted octanol–water partition coefficient (Wildman–Crippen LogP) is 1.27. The van der Waals surface area contributed by atoms with Gasteiger partial charge in [0.1, 0.15) is 9.98 Å². The van der Waals surface area contributed by atoms with Gasteiger partial charge in [-0.15, -0.1) is 0 Å². The van der Waals surface area contributed by atoms with Gasteiger partial charge in [-0.05, 0) is 15.9 Å². The fourth-order valence-electron chi connectivity index (χ4n) is 0.337. The summed E-state index contributed by atoms with van der Waals surface area (Å²) in [5.74, 6) is 0. The highest BCUT2D eigenvalue weighted by molar-refractivity contribution is 9.11. The zero-order valence-electron chi connectivity index (χ0n) is 4.22. The van der Waals surface area contributed by atoms with Crippen molar-refractivity contribution in [3.05, 3.63) is 9.98 Å². The Labute approximate surface area is 64.2 Å². The highest BCUT2D eigenvalue weighted by atomic mass is 79.9. The van der Waals surface area contributed by atoms with Crippen molar-refractivity contribution in [1.82, 2.24) is 4.98 Å². The number of halogens is 1. The van der Waals surface area contributed by atoms with Crippen molar-refractivity contribution in [3.63, 3.8) is 0 Å². The van der Waals surface area contributed by atoms with Gasteiger partial charge in [-0.2, -0.15) is 0 Å². The number of hydrogen-bond donors (Lipinski definition) is 1. The van der Waals surface area contributed by atoms with E-state index in [2.05, 4.69) is 32.4 Å². The van der Waals surface area contributed by atoms with Crippen LogP contribution in [-0.4, -0.2) is 11.4 Å². The molecule has 47 valence electrons. The van der Waals surface area contributed by atoms with Crippen LogP contribution in [0.1, 0.15) is 0 Å². The Kier molecular flexibility index (Phi) is 2.18. The van der Waals surface area contributed by atoms with E-state index in [4.69, 9.17) is 0 Å². The van der Waals surface area contributed by atoms with Crippen LogP contribution < -0.4 is 5.32 Å². The lowest BCUT2D eigenvalue weighted by Crippen LogP contribution is -1.90. The van der Waals surface area contributed by atoms with Gasteiger partial charge in [-0.1, -0.05) is 11.3 Å². The first-order valence-corrected chi connectivity index (χ1v) is 3.68. The lowest BCUT2D eigenvalue weighted by atomic mass is 11.0. The highest BCUT2D eigenvalue weighted by Crippen LogP contribution is 2.21. The lowest BCUT2D eigenvalue weighted by Gasteiger charge is -1.83. The summed E-state index contributed by atoms with van der Waals surface area (Å²) in [7, 11) is 0. The van der Waals surface area contributed by atoms with Gasteiger partial charge in [0.05, 0.1) is 0 Å². The Balaban J connectivity index is 2.72. The number of nitrogens with one attached hydrogen (secondary N) is 1. The van der Waals surface area contributed by atoms with Crippen molar-refractivity contribution in [2.24, 2.45) is 0 Å². The zero-order chi connectivity index (χ0) is 6.69. The maximum Gasteiger partial charge on any atom is 0.213 e. The second-order valence-corrected chi connectivity index (χ2v) is 3.48. The maximum atomic E-state index is 9.81. The molecule has 0 atom stereocenters. The van der Waals surface area contributed by atoms with Crippen LogP contribution in [0.2, 0.25) is 0 Å². The number of anilines is 1. The molecule has 3 nitrogen and oxygen atoms in total. The largest absolute Gasteiger partial charge is 0.305 e. The number of carbonyl (C=O) groups excluding carboxylic acids is 1. The van der Waals surface area contributed by atoms with Crippen LogP contribution in [0.4, 0.5) is 5.13 Å². The minimum atomic E-state index is 0.553. The normalized spacial score (nSPS) is 9.00. The number of hydrogen-bond acceptors (Lipinski definition) is 3. The van der Waals surface area contributed by atoms with E-state index < -0.39 is 0 Å². The van der Waals surface area contributed by atoms with Crippen LogP contribution >= 0.6 is 27.3 Å². The van der Waals surface area contributed by atoms with Gasteiger partial charge in [-0.3, -0.25) is 4.79 Å². The first kappa shape index (κ1) is 6.70. The van der Waals surface area contributed by atoms with E-state index in [1.54, 1.807) is 0 Å². The second kappa shape index (κ2) is 2.93. The predicted molar refractivity (Wildman–Crippen MR) is 38.3 cm³/mol. The maximum absolute atomic E-state index is 9.81. The molecule has 0 saturated heterocycles. The van der Waals surface area contributed by atoms with Crippen LogP contribution in [0.3, 0.4) is 0 Å². The molecular weight excluding hydrogens is 204 g/mol. The highest BCUT2D eigenvalue weighted by Gasteiger charge is 1.95. The van der Waals surface area contributed by atoms with Crippen molar-refractivity contribution >= 4 is 38.8 Å². The van der Waals surface area contributed by atoms with Gasteiger partial charge < -0.3 is 5.32 Å². The molecule has 0 unspecified atom stereocenters. The van der Waals surface area contributed by atoms with Gasteiger partial charge in [0.2, 0.25) is 6.41 Å². The van der Waals surface area contributed by atoms with Crippen LogP contribution in [0.5, 0.6) is 0 Å². The number of aromatic nitrogens is 1. The molecule has 1 radical (unpaired) electrons. The number of carbonyl (C=O) groups is 1. The molecule has 0 aliphatic carbocycles. The van der Waals surface area contributed by atoms with Crippen molar-refractivity contribution in [3.8, 4) is 0 Å². The van der Waals surface area contributed by atoms with E-state index in [1.807, 2.05) is 0 Å². The number of amides is 1. The van der Waals surface area contributed by atoms with E-state index >= 15 is 0 Å². The summed E-state index contributed by atoms with van der Waals surface area (Å²) in [6, 6.07) is 0. The van der Waals surface area contributed by atoms with Gasteiger partial charge >= 0.3 is 0 Å². The van der Waals surface area contributed by atoms with Gasteiger partial charge in [-0.25, -0.2) is 4.98 Å². The average Bonchev–Trinajstić information content (AvgIpc) is 2.17. The van der Waals surface area contributed by atoms with Crippen molar-refractivity contribution in [2.45, 2.75) is 0 Å². The smallest absolute Gasteiger partial charge is 0.213 e. The number of rotatable bonds is 2. The third-order valence-corrected chi connectivity index (χ3v) is 1.95. The Morgan fingerprint density at radius 3 is 3.11 bits per heavy atom. The molecule has 0 saturated carbocycles. The first-order valence-electron chi connectivity index (χ1n) is 2.07. The molecule has 9 heavy (non-hydrogen) atoms. The molecule has 1 aromatic heterocycles. The molecule has 1 rings (SSSR count). The molecule has 0 spiro atoms. The summed E-state index contributed by atoms with van der Waals surface area (Å²) in [6.45, 7) is 0. The lowest BCUT2D eigenvalue weighted by molar-refractivity contribution is -0.105. The molecular formula is C4H2BrN2OS. The molecule has 0 bridgehead atoms. The van der Waals surface area contributed by atoms with E-state index in [0.717, 1.165) is 3.79 Å². The van der Waals surface area contributed by atoms with Crippen molar-refractivity contribution in [2.75, 3.05) is 5.32 Å². The molecule has 0 aliphatic rings. The van der Waals surface area contributed by atoms with Gasteiger partial charge in [0.25, 0.3) is 0 Å². The standard InChI is InChI=1S/C4H2BrN2OS/c5-3-1-6-4(9-3)7-2-8/h2H,(H,6,7,8). The van der Waals surface area contributed by atoms with Gasteiger partial charge in [0, 0.05) is 0 Å². The van der Waals surface area contributed by atoms with E-state index in [-0.39, 0.29) is 0 Å². The fourth-order valence-corrected chi connectivity index (χ4v) is 1.35. The Morgan fingerprint density at radius 1 is 1.89 bits per heavy atom. The molecule has 1 aromatic rings. The van der Waals surface area contributed by atoms with Crippen LogP contribution in [0, 0.1) is 6.20 Å². The molecule has 1 amide bonds. The third kappa shape index (κ3) is 1.76. The molecule has 1 heterocycles. The van der Waals surface area contributed by atoms with Crippen LogP contribution in [0.25, 0.3) is 0 Å². The fraction of sp³-hybridized carbons (Fsp3) is 0. The Bertz CT molecular complexity index is 212. The van der Waals surface area contributed by atoms with Crippen molar-refractivity contribution < 1.29 is 4.79 Å². The van der Waals surface area contributed by atoms with E-state index in [1.165, 1.54) is 11.3 Å². The van der Waals surface area contributed by atoms with Crippen LogP contribution in [-0.2, 0) is 4.79 Å². The summed E-state index contributed by atoms with van der Waals surface area (Å²) in [5, 5.41) is 2.95. The summed E-state index contributed by atoms with van der Waals surface area (Å²) in [4.78, 5) is 13.5. The SMILES string of the molecule is O=CNc1n[c]c(Br)s1. The molecule has 0 aliphatic heterocycles.